The Morgan fingerprint density at radius 3 is 2.85 bits per heavy atom. The van der Waals surface area contributed by atoms with Gasteiger partial charge in [0.1, 0.15) is 17.2 Å². The molecule has 0 radical (unpaired) electrons. The molecule has 0 aliphatic carbocycles. The summed E-state index contributed by atoms with van der Waals surface area (Å²) >= 11 is 0. The van der Waals surface area contributed by atoms with Crippen LogP contribution in [0.4, 0.5) is 4.39 Å². The lowest BCUT2D eigenvalue weighted by Crippen LogP contribution is -2.46. The summed E-state index contributed by atoms with van der Waals surface area (Å²) in [6.45, 7) is 4.49. The number of hydrogen-bond donors (Lipinski definition) is 2. The fourth-order valence-electron chi connectivity index (χ4n) is 3.59. The molecule has 2 unspecified atom stereocenters. The second kappa shape index (κ2) is 7.06. The summed E-state index contributed by atoms with van der Waals surface area (Å²) in [5, 5.41) is 6.59. The van der Waals surface area contributed by atoms with Crippen molar-refractivity contribution in [1.29, 1.82) is 0 Å². The minimum absolute atomic E-state index is 0.0761. The predicted molar refractivity (Wildman–Crippen MR) is 99.7 cm³/mol. The van der Waals surface area contributed by atoms with E-state index in [1.807, 2.05) is 13.8 Å². The number of guanidine groups is 1. The van der Waals surface area contributed by atoms with E-state index in [2.05, 4.69) is 15.6 Å². The number of nitrogens with zero attached hydrogens (tertiary/aromatic N) is 1. The third kappa shape index (κ3) is 4.47. The van der Waals surface area contributed by atoms with Crippen molar-refractivity contribution in [2.24, 2.45) is 10.9 Å². The molecule has 0 bridgehead atoms. The molecule has 2 N–H and O–H groups in total. The first-order valence-electron chi connectivity index (χ1n) is 8.83. The van der Waals surface area contributed by atoms with E-state index >= 15 is 0 Å². The standard InChI is InChI=1S/C18H26FN3O3S/c1-18(2)9-15(14-5-4-13(19)8-16(14)25-18)22-17(20-3)21-10-12-6-7-26(23,24)11-12/h4-5,8,12,15H,6-7,9-11H2,1-3H3,(H2,20,21,22). The molecule has 6 nitrogen and oxygen atoms in total. The van der Waals surface area contributed by atoms with E-state index in [-0.39, 0.29) is 29.3 Å². The molecule has 1 aromatic rings. The Hall–Kier alpha value is -1.83. The number of aliphatic imine (C=N–C) groups is 1. The highest BCUT2D eigenvalue weighted by atomic mass is 32.2. The summed E-state index contributed by atoms with van der Waals surface area (Å²) in [6, 6.07) is 4.49. The van der Waals surface area contributed by atoms with Crippen molar-refractivity contribution in [3.05, 3.63) is 29.6 Å². The van der Waals surface area contributed by atoms with Gasteiger partial charge in [0, 0.05) is 31.6 Å². The smallest absolute Gasteiger partial charge is 0.191 e. The predicted octanol–water partition coefficient (Wildman–Crippen LogP) is 2.03. The van der Waals surface area contributed by atoms with Gasteiger partial charge in [0.05, 0.1) is 17.5 Å². The van der Waals surface area contributed by atoms with Gasteiger partial charge < -0.3 is 15.4 Å². The molecule has 8 heteroatoms. The van der Waals surface area contributed by atoms with Crippen molar-refractivity contribution in [3.63, 3.8) is 0 Å². The van der Waals surface area contributed by atoms with Crippen LogP contribution in [0.25, 0.3) is 0 Å². The van der Waals surface area contributed by atoms with Crippen molar-refractivity contribution < 1.29 is 17.5 Å². The van der Waals surface area contributed by atoms with Gasteiger partial charge in [0.2, 0.25) is 0 Å². The van der Waals surface area contributed by atoms with Gasteiger partial charge in [-0.05, 0) is 32.3 Å². The van der Waals surface area contributed by atoms with Crippen LogP contribution in [-0.2, 0) is 9.84 Å². The first kappa shape index (κ1) is 18.9. The molecule has 0 amide bonds. The van der Waals surface area contributed by atoms with E-state index < -0.39 is 15.4 Å². The third-order valence-electron chi connectivity index (χ3n) is 4.85. The van der Waals surface area contributed by atoms with Crippen LogP contribution in [0.1, 0.15) is 38.3 Å². The summed E-state index contributed by atoms with van der Waals surface area (Å²) in [6.07, 6.45) is 1.38. The molecule has 144 valence electrons. The van der Waals surface area contributed by atoms with Crippen LogP contribution in [0.3, 0.4) is 0 Å². The number of ether oxygens (including phenoxy) is 1. The Bertz CT molecular complexity index is 808. The van der Waals surface area contributed by atoms with Gasteiger partial charge in [-0.3, -0.25) is 4.99 Å². The highest BCUT2D eigenvalue weighted by molar-refractivity contribution is 7.91. The Labute approximate surface area is 154 Å². The van der Waals surface area contributed by atoms with Gasteiger partial charge in [0.15, 0.2) is 15.8 Å². The largest absolute Gasteiger partial charge is 0.487 e. The minimum atomic E-state index is -2.89. The van der Waals surface area contributed by atoms with Crippen molar-refractivity contribution in [1.82, 2.24) is 10.6 Å². The maximum Gasteiger partial charge on any atom is 0.191 e. The Morgan fingerprint density at radius 2 is 2.19 bits per heavy atom. The Kier molecular flexibility index (Phi) is 5.14. The second-order valence-corrected chi connectivity index (χ2v) is 9.90. The molecule has 2 atom stereocenters. The quantitative estimate of drug-likeness (QED) is 0.617. The minimum Gasteiger partial charge on any atom is -0.487 e. The van der Waals surface area contributed by atoms with Gasteiger partial charge >= 0.3 is 0 Å². The van der Waals surface area contributed by atoms with Crippen LogP contribution in [0.5, 0.6) is 5.75 Å². The molecule has 2 heterocycles. The summed E-state index contributed by atoms with van der Waals surface area (Å²) in [7, 11) is -1.21. The number of sulfone groups is 1. The number of nitrogens with one attached hydrogen (secondary N) is 2. The van der Waals surface area contributed by atoms with Gasteiger partial charge in [-0.1, -0.05) is 6.07 Å². The maximum absolute atomic E-state index is 13.6. The van der Waals surface area contributed by atoms with Crippen LogP contribution in [0, 0.1) is 11.7 Å². The lowest BCUT2D eigenvalue weighted by molar-refractivity contribution is 0.0689. The zero-order chi connectivity index (χ0) is 18.9. The van der Waals surface area contributed by atoms with Gasteiger partial charge in [-0.25, -0.2) is 12.8 Å². The fraction of sp³-hybridized carbons (Fsp3) is 0.611. The molecule has 1 fully saturated rings. The molecule has 0 spiro atoms. The van der Waals surface area contributed by atoms with E-state index in [4.69, 9.17) is 4.74 Å². The zero-order valence-electron chi connectivity index (χ0n) is 15.4. The summed E-state index contributed by atoms with van der Waals surface area (Å²) < 4.78 is 42.7. The molecular weight excluding hydrogens is 357 g/mol. The van der Waals surface area contributed by atoms with E-state index in [0.29, 0.717) is 31.1 Å². The average Bonchev–Trinajstić information content (AvgIpc) is 2.88. The van der Waals surface area contributed by atoms with Gasteiger partial charge in [-0.15, -0.1) is 0 Å². The van der Waals surface area contributed by atoms with E-state index in [9.17, 15) is 12.8 Å². The van der Waals surface area contributed by atoms with Crippen LogP contribution in [-0.4, -0.2) is 45.1 Å². The van der Waals surface area contributed by atoms with E-state index in [1.165, 1.54) is 12.1 Å². The van der Waals surface area contributed by atoms with Crippen LogP contribution < -0.4 is 15.4 Å². The molecular formula is C18H26FN3O3S. The monoisotopic (exact) mass is 383 g/mol. The number of fused-ring (bicyclic) bond motifs is 1. The first-order chi connectivity index (χ1) is 12.2. The molecule has 0 saturated carbocycles. The zero-order valence-corrected chi connectivity index (χ0v) is 16.2. The van der Waals surface area contributed by atoms with E-state index in [1.54, 1.807) is 13.1 Å². The van der Waals surface area contributed by atoms with Gasteiger partial charge in [0.25, 0.3) is 0 Å². The van der Waals surface area contributed by atoms with Crippen molar-refractivity contribution >= 4 is 15.8 Å². The highest BCUT2D eigenvalue weighted by Gasteiger charge is 2.34. The van der Waals surface area contributed by atoms with Crippen LogP contribution in [0.2, 0.25) is 0 Å². The number of hydrogen-bond acceptors (Lipinski definition) is 4. The topological polar surface area (TPSA) is 79.8 Å². The molecule has 3 rings (SSSR count). The van der Waals surface area contributed by atoms with Crippen molar-refractivity contribution in [3.8, 4) is 5.75 Å². The average molecular weight is 383 g/mol. The lowest BCUT2D eigenvalue weighted by Gasteiger charge is -2.38. The normalized spacial score (nSPS) is 26.7. The van der Waals surface area contributed by atoms with E-state index in [0.717, 1.165) is 5.56 Å². The maximum atomic E-state index is 13.6. The fourth-order valence-corrected chi connectivity index (χ4v) is 5.45. The summed E-state index contributed by atoms with van der Waals surface area (Å²) in [5.74, 6) is 1.40. The molecule has 1 saturated heterocycles. The molecule has 1 aromatic carbocycles. The highest BCUT2D eigenvalue weighted by Crippen LogP contribution is 2.39. The number of halogens is 1. The molecule has 26 heavy (non-hydrogen) atoms. The van der Waals surface area contributed by atoms with Crippen molar-refractivity contribution in [2.45, 2.75) is 38.3 Å². The van der Waals surface area contributed by atoms with Crippen LogP contribution in [0.15, 0.2) is 23.2 Å². The van der Waals surface area contributed by atoms with Crippen LogP contribution >= 0.6 is 0 Å². The molecule has 2 aliphatic heterocycles. The number of rotatable bonds is 3. The Balaban J connectivity index is 1.68. The first-order valence-corrected chi connectivity index (χ1v) is 10.7. The second-order valence-electron chi connectivity index (χ2n) is 7.67. The Morgan fingerprint density at radius 1 is 1.42 bits per heavy atom. The van der Waals surface area contributed by atoms with Gasteiger partial charge in [-0.2, -0.15) is 0 Å². The third-order valence-corrected chi connectivity index (χ3v) is 6.69. The number of benzene rings is 1. The summed E-state index contributed by atoms with van der Waals surface area (Å²) in [5.41, 5.74) is 0.453. The molecule has 0 aromatic heterocycles. The SMILES string of the molecule is CN=C(NCC1CCS(=O)(=O)C1)NC1CC(C)(C)Oc2cc(F)ccc21. The van der Waals surface area contributed by atoms with Crippen molar-refractivity contribution in [2.75, 3.05) is 25.1 Å². The lowest BCUT2D eigenvalue weighted by atomic mass is 9.89. The summed E-state index contributed by atoms with van der Waals surface area (Å²) in [4.78, 5) is 4.25. The molecule has 2 aliphatic rings.